The number of nitrogens with zero attached hydrogens (tertiary/aromatic N) is 2. The number of hydrogen-bond acceptors (Lipinski definition) is 3. The van der Waals surface area contributed by atoms with Crippen molar-refractivity contribution in [2.24, 2.45) is 0 Å². The molecule has 0 fully saturated rings. The zero-order valence-electron chi connectivity index (χ0n) is 15.9. The van der Waals surface area contributed by atoms with E-state index in [1.54, 1.807) is 28.9 Å². The van der Waals surface area contributed by atoms with Crippen molar-refractivity contribution >= 4 is 16.7 Å². The zero-order valence-corrected chi connectivity index (χ0v) is 15.9. The molecule has 4 rings (SSSR count). The Bertz CT molecular complexity index is 1220. The third-order valence-corrected chi connectivity index (χ3v) is 4.80. The molecule has 4 aromatic rings. The summed E-state index contributed by atoms with van der Waals surface area (Å²) in [6.45, 7) is 0.196. The number of para-hydroxylation sites is 1. The first-order chi connectivity index (χ1) is 14.7. The Balaban J connectivity index is 1.62. The van der Waals surface area contributed by atoms with Crippen molar-refractivity contribution in [1.82, 2.24) is 9.78 Å². The number of aliphatic hydroxyl groups is 1. The monoisotopic (exact) mass is 433 g/mol. The van der Waals surface area contributed by atoms with Crippen molar-refractivity contribution in [3.63, 3.8) is 0 Å². The maximum absolute atomic E-state index is 13.5. The molecule has 9 heteroatoms. The van der Waals surface area contributed by atoms with Crippen LogP contribution < -0.4 is 5.32 Å². The lowest BCUT2D eigenvalue weighted by molar-refractivity contribution is -0.137. The summed E-state index contributed by atoms with van der Waals surface area (Å²) in [5, 5.41) is 18.2. The molecule has 1 aromatic heterocycles. The third-order valence-electron chi connectivity index (χ3n) is 4.80. The average Bonchev–Trinajstić information content (AvgIpc) is 3.07. The van der Waals surface area contributed by atoms with Crippen LogP contribution in [0, 0.1) is 11.6 Å². The Hall–Kier alpha value is -3.46. The second-order valence-electron chi connectivity index (χ2n) is 6.94. The smallest absolute Gasteiger partial charge is 0.369 e. The summed E-state index contributed by atoms with van der Waals surface area (Å²) in [6.07, 6.45) is -5.77. The minimum atomic E-state index is -4.41. The number of alkyl halides is 3. The summed E-state index contributed by atoms with van der Waals surface area (Å²) in [5.74, 6) is -1.82. The SMILES string of the molecule is OC(Nc1nn(Cc2ccc(C(F)(F)F)cc2)c2ccccc12)c1ccc(F)c(F)c1. The molecule has 0 amide bonds. The third kappa shape index (κ3) is 4.36. The van der Waals surface area contributed by atoms with Gasteiger partial charge in [0.15, 0.2) is 23.7 Å². The number of halogens is 5. The molecule has 1 heterocycles. The van der Waals surface area contributed by atoms with E-state index < -0.39 is 29.6 Å². The van der Waals surface area contributed by atoms with Gasteiger partial charge in [-0.3, -0.25) is 4.68 Å². The van der Waals surface area contributed by atoms with Gasteiger partial charge in [-0.05, 0) is 42.0 Å². The van der Waals surface area contributed by atoms with E-state index >= 15 is 0 Å². The van der Waals surface area contributed by atoms with Gasteiger partial charge >= 0.3 is 6.18 Å². The summed E-state index contributed by atoms with van der Waals surface area (Å²) >= 11 is 0. The lowest BCUT2D eigenvalue weighted by Gasteiger charge is -2.13. The lowest BCUT2D eigenvalue weighted by atomic mass is 10.1. The predicted octanol–water partition coefficient (Wildman–Crippen LogP) is 5.48. The lowest BCUT2D eigenvalue weighted by Crippen LogP contribution is -2.11. The van der Waals surface area contributed by atoms with Crippen LogP contribution in [0.2, 0.25) is 0 Å². The topological polar surface area (TPSA) is 50.1 Å². The summed E-state index contributed by atoms with van der Waals surface area (Å²) < 4.78 is 66.5. The fraction of sp³-hybridized carbons (Fsp3) is 0.136. The first-order valence-electron chi connectivity index (χ1n) is 9.23. The van der Waals surface area contributed by atoms with Crippen LogP contribution in [0.15, 0.2) is 66.7 Å². The van der Waals surface area contributed by atoms with Gasteiger partial charge in [0.2, 0.25) is 0 Å². The van der Waals surface area contributed by atoms with Crippen molar-refractivity contribution in [1.29, 1.82) is 0 Å². The first kappa shape index (κ1) is 20.8. The molecular formula is C22H16F5N3O. The summed E-state index contributed by atoms with van der Waals surface area (Å²) in [7, 11) is 0. The molecule has 1 atom stereocenters. The first-order valence-corrected chi connectivity index (χ1v) is 9.23. The molecule has 0 saturated heterocycles. The van der Waals surface area contributed by atoms with Gasteiger partial charge in [-0.25, -0.2) is 8.78 Å². The standard InChI is InChI=1S/C22H16F5N3O/c23-17-10-7-14(11-18(17)24)21(31)28-20-16-3-1-2-4-19(16)30(29-20)12-13-5-8-15(9-6-13)22(25,26)27/h1-11,21,31H,12H2,(H,28,29). The van der Waals surface area contributed by atoms with Crippen molar-refractivity contribution in [2.45, 2.75) is 18.9 Å². The minimum Gasteiger partial charge on any atom is -0.369 e. The largest absolute Gasteiger partial charge is 0.416 e. The van der Waals surface area contributed by atoms with Gasteiger partial charge in [0.05, 0.1) is 17.6 Å². The second-order valence-corrected chi connectivity index (χ2v) is 6.94. The average molecular weight is 433 g/mol. The number of aromatic nitrogens is 2. The molecule has 3 aromatic carbocycles. The van der Waals surface area contributed by atoms with Gasteiger partial charge in [-0.1, -0.05) is 30.3 Å². The number of hydrogen-bond donors (Lipinski definition) is 2. The van der Waals surface area contributed by atoms with Crippen LogP contribution in [0.4, 0.5) is 27.8 Å². The van der Waals surface area contributed by atoms with Gasteiger partial charge in [0.1, 0.15) is 0 Å². The van der Waals surface area contributed by atoms with E-state index in [9.17, 15) is 27.1 Å². The molecule has 0 aliphatic rings. The van der Waals surface area contributed by atoms with Gasteiger partial charge in [0, 0.05) is 10.9 Å². The van der Waals surface area contributed by atoms with Crippen molar-refractivity contribution in [3.05, 3.63) is 95.1 Å². The minimum absolute atomic E-state index is 0.111. The fourth-order valence-electron chi connectivity index (χ4n) is 3.22. The second kappa shape index (κ2) is 7.99. The molecular weight excluding hydrogens is 417 g/mol. The Morgan fingerprint density at radius 3 is 2.32 bits per heavy atom. The van der Waals surface area contributed by atoms with E-state index in [1.807, 2.05) is 0 Å². The van der Waals surface area contributed by atoms with Crippen LogP contribution >= 0.6 is 0 Å². The van der Waals surface area contributed by atoms with Crippen LogP contribution in [-0.4, -0.2) is 14.9 Å². The van der Waals surface area contributed by atoms with Gasteiger partial charge in [-0.15, -0.1) is 0 Å². The zero-order chi connectivity index (χ0) is 22.2. The Morgan fingerprint density at radius 1 is 0.935 bits per heavy atom. The summed E-state index contributed by atoms with van der Waals surface area (Å²) in [6, 6.07) is 14.9. The number of aliphatic hydroxyl groups excluding tert-OH is 1. The van der Waals surface area contributed by atoms with Crippen molar-refractivity contribution in [2.75, 3.05) is 5.32 Å². The van der Waals surface area contributed by atoms with Crippen LogP contribution in [0.25, 0.3) is 10.9 Å². The van der Waals surface area contributed by atoms with Gasteiger partial charge < -0.3 is 10.4 Å². The summed E-state index contributed by atoms with van der Waals surface area (Å²) in [5.41, 5.74) is 0.662. The molecule has 0 radical (unpaired) electrons. The highest BCUT2D eigenvalue weighted by molar-refractivity contribution is 5.90. The predicted molar refractivity (Wildman–Crippen MR) is 105 cm³/mol. The highest BCUT2D eigenvalue weighted by atomic mass is 19.4. The molecule has 0 spiro atoms. The van der Waals surface area contributed by atoms with Crippen LogP contribution in [-0.2, 0) is 12.7 Å². The molecule has 0 aliphatic carbocycles. The van der Waals surface area contributed by atoms with E-state index in [-0.39, 0.29) is 12.1 Å². The molecule has 0 aliphatic heterocycles. The number of rotatable bonds is 5. The van der Waals surface area contributed by atoms with Crippen molar-refractivity contribution in [3.8, 4) is 0 Å². The van der Waals surface area contributed by atoms with Crippen LogP contribution in [0.5, 0.6) is 0 Å². The number of benzene rings is 3. The number of anilines is 1. The normalized spacial score (nSPS) is 12.8. The maximum atomic E-state index is 13.5. The van der Waals surface area contributed by atoms with E-state index in [0.29, 0.717) is 22.3 Å². The Kier molecular flexibility index (Phi) is 5.36. The van der Waals surface area contributed by atoms with Crippen molar-refractivity contribution < 1.29 is 27.1 Å². The van der Waals surface area contributed by atoms with E-state index in [0.717, 1.165) is 24.3 Å². The molecule has 1 unspecified atom stereocenters. The number of fused-ring (bicyclic) bond motifs is 1. The van der Waals surface area contributed by atoms with Gasteiger partial charge in [-0.2, -0.15) is 18.3 Å². The molecule has 4 nitrogen and oxygen atoms in total. The van der Waals surface area contributed by atoms with Crippen LogP contribution in [0.3, 0.4) is 0 Å². The van der Waals surface area contributed by atoms with E-state index in [2.05, 4.69) is 10.4 Å². The number of nitrogens with one attached hydrogen (secondary N) is 1. The van der Waals surface area contributed by atoms with Gasteiger partial charge in [0.25, 0.3) is 0 Å². The fourth-order valence-corrected chi connectivity index (χ4v) is 3.22. The molecule has 0 bridgehead atoms. The maximum Gasteiger partial charge on any atom is 0.416 e. The highest BCUT2D eigenvalue weighted by Crippen LogP contribution is 2.30. The van der Waals surface area contributed by atoms with E-state index in [1.165, 1.54) is 18.2 Å². The van der Waals surface area contributed by atoms with Crippen LogP contribution in [0.1, 0.15) is 22.9 Å². The Morgan fingerprint density at radius 2 is 1.65 bits per heavy atom. The molecule has 0 saturated carbocycles. The van der Waals surface area contributed by atoms with E-state index in [4.69, 9.17) is 0 Å². The summed E-state index contributed by atoms with van der Waals surface area (Å²) in [4.78, 5) is 0. The Labute approximate surface area is 173 Å². The highest BCUT2D eigenvalue weighted by Gasteiger charge is 2.30. The molecule has 31 heavy (non-hydrogen) atoms. The molecule has 2 N–H and O–H groups in total. The molecule has 160 valence electrons. The quantitative estimate of drug-likeness (QED) is 0.324.